The Morgan fingerprint density at radius 1 is 0.353 bits per heavy atom. The first-order valence-electron chi connectivity index (χ1n) is 37.9. The van der Waals surface area contributed by atoms with Gasteiger partial charge in [-0.05, 0) is 148 Å². The van der Waals surface area contributed by atoms with Gasteiger partial charge in [0.15, 0.2) is 47.7 Å². The van der Waals surface area contributed by atoms with Gasteiger partial charge < -0.3 is 151 Å². The van der Waals surface area contributed by atoms with E-state index in [9.17, 15) is 38.4 Å². The Bertz CT molecular complexity index is 3850. The highest BCUT2D eigenvalue weighted by Gasteiger charge is 2.36. The molecule has 9 amide bonds. The van der Waals surface area contributed by atoms with Crippen molar-refractivity contribution < 1.29 is 47.9 Å². The number of fused-ring (bicyclic) bond motifs is 2. The molecule has 0 saturated carbocycles. The number of hydrogen-bond donors (Lipinski definition) is 34. The van der Waals surface area contributed by atoms with Gasteiger partial charge in [0.05, 0.1) is 0 Å². The fraction of sp³-hybridized carbons (Fsp3) is 0.580. The maximum atomic E-state index is 15.0. The van der Waals surface area contributed by atoms with Crippen molar-refractivity contribution in [3.63, 3.8) is 0 Å². The first-order chi connectivity index (χ1) is 54.8. The second-order valence-corrected chi connectivity index (χ2v) is 29.2. The summed E-state index contributed by atoms with van der Waals surface area (Å²) in [6.45, 7) is 5.49. The van der Waals surface area contributed by atoms with Crippen molar-refractivity contribution in [1.29, 1.82) is 43.3 Å². The fourth-order valence-electron chi connectivity index (χ4n) is 11.3. The molecule has 0 aliphatic heterocycles. The molecule has 0 aliphatic rings. The van der Waals surface area contributed by atoms with E-state index in [4.69, 9.17) is 98.9 Å². The molecule has 0 fully saturated rings. The monoisotopic (exact) mass is 1650 g/mol. The SMILES string of the molecule is CN(C)c1ccc2nc3ccc(NCCNC(=O)[C@H](CCCNC(=N)N)NC(=O)[C@H](CCCNC(=N)N)NC(=O)[C@H](CCCNC(=N)N)NC(=O)[C@H](CCCNC(=N)N)NC(=O)[C@H](CCCNC(=N)N)NC(=O)[C@H](CCCNC(=N)N)NC(=O)[C@H](CCCNC(=N)N)NC(=O)[C@H](CCCNC(=N)N)NC(=O)OC(C)(C)C)cc3[s+]c2c1. The second-order valence-electron chi connectivity index (χ2n) is 28.1. The lowest BCUT2D eigenvalue weighted by Gasteiger charge is -2.29. The molecule has 0 spiro atoms. The molecule has 3 aromatic rings. The number of nitrogens with one attached hydrogen (secondary N) is 26. The van der Waals surface area contributed by atoms with Crippen molar-refractivity contribution in [2.45, 2.75) is 177 Å². The maximum Gasteiger partial charge on any atom is 0.408 e. The molecule has 42 N–H and O–H groups in total. The van der Waals surface area contributed by atoms with E-state index in [-0.39, 0.29) is 186 Å². The Labute approximate surface area is 677 Å². The number of ether oxygens (including phenoxy) is 1. The van der Waals surface area contributed by atoms with Gasteiger partial charge in [0.2, 0.25) is 58.6 Å². The highest BCUT2D eigenvalue weighted by Crippen LogP contribution is 2.30. The van der Waals surface area contributed by atoms with E-state index in [1.165, 1.54) is 0 Å². The van der Waals surface area contributed by atoms with Crippen LogP contribution < -0.4 is 146 Å². The fourth-order valence-corrected chi connectivity index (χ4v) is 12.3. The third kappa shape index (κ3) is 41.2. The number of alkyl carbamates (subject to hydrolysis) is 1. The number of amides is 9. The van der Waals surface area contributed by atoms with Gasteiger partial charge in [-0.3, -0.25) is 81.6 Å². The smallest absolute Gasteiger partial charge is 0.408 e. The van der Waals surface area contributed by atoms with Gasteiger partial charge in [0.25, 0.3) is 9.40 Å². The molecular weight excluding hydrogens is 1530 g/mol. The van der Waals surface area contributed by atoms with Gasteiger partial charge >= 0.3 is 6.09 Å². The summed E-state index contributed by atoms with van der Waals surface area (Å²) in [7, 11) is 3.91. The minimum atomic E-state index is -1.57. The normalized spacial score (nSPS) is 13.0. The molecule has 47 heteroatoms. The number of nitrogens with zero attached hydrogens (tertiary/aromatic N) is 2. The lowest BCUT2D eigenvalue weighted by molar-refractivity contribution is -0.136. The summed E-state index contributed by atoms with van der Waals surface area (Å²) < 4.78 is 7.33. The van der Waals surface area contributed by atoms with Gasteiger partial charge in [0.1, 0.15) is 65.0 Å². The van der Waals surface area contributed by atoms with Gasteiger partial charge in [0, 0.05) is 103 Å². The van der Waals surface area contributed by atoms with E-state index in [1.54, 1.807) is 32.1 Å². The summed E-state index contributed by atoms with van der Waals surface area (Å²) in [5.74, 6) is -10.2. The Kier molecular flexibility index (Phi) is 43.5. The quantitative estimate of drug-likeness (QED) is 0.00825. The zero-order chi connectivity index (χ0) is 86.5. The molecule has 0 bridgehead atoms. The van der Waals surface area contributed by atoms with Crippen LogP contribution >= 0.6 is 11.3 Å². The molecule has 644 valence electrons. The van der Waals surface area contributed by atoms with Crippen molar-refractivity contribution in [2.75, 3.05) is 89.8 Å². The zero-order valence-corrected chi connectivity index (χ0v) is 67.3. The van der Waals surface area contributed by atoms with Crippen LogP contribution in [-0.4, -0.2) is 239 Å². The van der Waals surface area contributed by atoms with Crippen LogP contribution in [0, 0.1) is 43.3 Å². The highest BCUT2D eigenvalue weighted by molar-refractivity contribution is 7.24. The van der Waals surface area contributed by atoms with Crippen LogP contribution in [0.25, 0.3) is 20.4 Å². The minimum absolute atomic E-state index is 0.00186. The standard InChI is InChI=1S/C69H122N36O10S/c1-69(2,3)115-68(114)104-49(21-13-33-95-67(84)85)59(113)103-48(20-12-32-94-66(82)83)58(112)102-47(19-11-31-93-65(80)81)57(111)101-46(18-10-30-92-64(78)79)56(110)100-45(17-9-29-91-63(76)77)55(109)99-44(16-8-28-90-62(74)75)54(108)98-43(15-7-27-89-61(72)73)53(107)97-42(14-6-26-88-60(70)71)52(106)87-35-34-86-38-22-24-40-50(36-38)116-51-37-39(105(4)5)23-25-41(51)96-40/h22-25,36-37,42-49,86H,6-21,26-35H2,1-5H3,(H40-,70,71,72,73,74,75,76,77,78,79,80,81,82,83,84,85,87,88,89,90,91,92,93,94,95,97,98,99,100,101,102,103,104,106,107,108,109,110,111,112,113,114)/p+1/t42-,43-,44-,45-,46-,47-,48-,49-/m0/s1. The van der Waals surface area contributed by atoms with Crippen LogP contribution in [0.5, 0.6) is 0 Å². The molecule has 0 aliphatic carbocycles. The Morgan fingerprint density at radius 2 is 0.603 bits per heavy atom. The number of rotatable bonds is 53. The predicted molar refractivity (Wildman–Crippen MR) is 447 cm³/mol. The summed E-state index contributed by atoms with van der Waals surface area (Å²) in [6.07, 6.45) is -1.36. The average Bonchev–Trinajstić information content (AvgIpc) is 0.789. The van der Waals surface area contributed by atoms with Gasteiger partial charge in [-0.25, -0.2) is 9.78 Å². The number of anilines is 2. The van der Waals surface area contributed by atoms with Crippen LogP contribution in [0.2, 0.25) is 0 Å². The topological polar surface area (TPSA) is 794 Å². The minimum Gasteiger partial charge on any atom is -0.444 e. The lowest BCUT2D eigenvalue weighted by atomic mass is 10.0. The van der Waals surface area contributed by atoms with Crippen LogP contribution in [-0.2, 0) is 43.1 Å². The van der Waals surface area contributed by atoms with E-state index < -0.39 is 137 Å². The average molecular weight is 1650 g/mol. The number of hydrogen-bond acceptors (Lipinski definition) is 21. The van der Waals surface area contributed by atoms with Gasteiger partial charge in [-0.15, -0.1) is 0 Å². The molecule has 3 rings (SSSR count). The van der Waals surface area contributed by atoms with E-state index >= 15 is 4.79 Å². The first-order valence-corrected chi connectivity index (χ1v) is 38.7. The summed E-state index contributed by atoms with van der Waals surface area (Å²) in [5.41, 5.74) is 47.0. The Hall–Kier alpha value is -12.7. The summed E-state index contributed by atoms with van der Waals surface area (Å²) in [5, 5.41) is 110. The Balaban J connectivity index is 2.07. The molecule has 1 aromatic heterocycles. The van der Waals surface area contributed by atoms with Crippen LogP contribution in [0.15, 0.2) is 36.4 Å². The van der Waals surface area contributed by atoms with Crippen LogP contribution in [0.4, 0.5) is 16.2 Å². The number of nitrogens with two attached hydrogens (primary N) is 8. The highest BCUT2D eigenvalue weighted by atomic mass is 32.1. The summed E-state index contributed by atoms with van der Waals surface area (Å²) in [4.78, 5) is 138. The lowest BCUT2D eigenvalue weighted by Crippen LogP contribution is -2.60. The van der Waals surface area contributed by atoms with Gasteiger partial charge in [-0.1, -0.05) is 0 Å². The summed E-state index contributed by atoms with van der Waals surface area (Å²) in [6, 6.07) is 0.0733. The van der Waals surface area contributed by atoms with Crippen LogP contribution in [0.3, 0.4) is 0 Å². The zero-order valence-electron chi connectivity index (χ0n) is 66.5. The molecule has 116 heavy (non-hydrogen) atoms. The van der Waals surface area contributed by atoms with Crippen molar-refractivity contribution in [2.24, 2.45) is 45.9 Å². The van der Waals surface area contributed by atoms with Crippen LogP contribution in [0.1, 0.15) is 124 Å². The number of carbonyl (C=O) groups is 9. The van der Waals surface area contributed by atoms with E-state index in [2.05, 4.69) is 102 Å². The van der Waals surface area contributed by atoms with Crippen molar-refractivity contribution in [3.05, 3.63) is 36.4 Å². The summed E-state index contributed by atoms with van der Waals surface area (Å²) >= 11 is 1.58. The molecule has 0 unspecified atom stereocenters. The molecule has 0 saturated heterocycles. The molecular formula is C69H123N36O10S+. The van der Waals surface area contributed by atoms with Crippen molar-refractivity contribution >= 4 is 144 Å². The predicted octanol–water partition coefficient (Wildman–Crippen LogP) is -5.28. The van der Waals surface area contributed by atoms with E-state index in [1.807, 2.05) is 49.3 Å². The first kappa shape index (κ1) is 97.4. The third-order valence-electron chi connectivity index (χ3n) is 17.0. The van der Waals surface area contributed by atoms with Crippen molar-refractivity contribution in [1.82, 2.24) is 95.4 Å². The number of carbonyl (C=O) groups excluding carboxylic acids is 9. The number of benzene rings is 2. The number of aromatic nitrogens is 1. The van der Waals surface area contributed by atoms with Crippen molar-refractivity contribution in [3.8, 4) is 0 Å². The molecule has 1 heterocycles. The largest absolute Gasteiger partial charge is 0.444 e. The van der Waals surface area contributed by atoms with E-state index in [0.29, 0.717) is 0 Å². The Morgan fingerprint density at radius 3 is 0.862 bits per heavy atom. The number of guanidine groups is 8. The maximum absolute atomic E-state index is 15.0. The molecule has 0 radical (unpaired) electrons. The molecule has 46 nitrogen and oxygen atoms in total. The molecule has 8 atom stereocenters. The second kappa shape index (κ2) is 51.8. The molecule has 2 aromatic carbocycles. The van der Waals surface area contributed by atoms with Gasteiger partial charge in [-0.2, -0.15) is 0 Å². The third-order valence-corrected chi connectivity index (χ3v) is 18.0. The van der Waals surface area contributed by atoms with E-state index in [0.717, 1.165) is 31.8 Å².